The van der Waals surface area contributed by atoms with Crippen molar-refractivity contribution in [3.8, 4) is 11.5 Å². The number of rotatable bonds is 8. The number of nitrogens with one attached hydrogen (secondary N) is 1. The zero-order valence-corrected chi connectivity index (χ0v) is 16.4. The van der Waals surface area contributed by atoms with Crippen molar-refractivity contribution in [2.75, 3.05) is 20.8 Å². The number of carbonyl (C=O) groups excluding carboxylic acids is 2. The van der Waals surface area contributed by atoms with Crippen molar-refractivity contribution in [3.05, 3.63) is 59.2 Å². The van der Waals surface area contributed by atoms with E-state index in [0.717, 1.165) is 29.7 Å². The summed E-state index contributed by atoms with van der Waals surface area (Å²) in [4.78, 5) is 26.1. The Bertz CT molecular complexity index is 850. The number of ether oxygens (including phenoxy) is 2. The number of hydrogen-bond donors (Lipinski definition) is 1. The lowest BCUT2D eigenvalue weighted by atomic mass is 10.1. The van der Waals surface area contributed by atoms with E-state index in [4.69, 9.17) is 9.47 Å². The van der Waals surface area contributed by atoms with Crippen molar-refractivity contribution in [1.29, 1.82) is 0 Å². The van der Waals surface area contributed by atoms with Gasteiger partial charge in [0.05, 0.1) is 20.6 Å². The summed E-state index contributed by atoms with van der Waals surface area (Å²) < 4.78 is 10.6. The minimum Gasteiger partial charge on any atom is -0.497 e. The van der Waals surface area contributed by atoms with Crippen molar-refractivity contribution in [1.82, 2.24) is 10.2 Å². The van der Waals surface area contributed by atoms with Gasteiger partial charge in [-0.2, -0.15) is 0 Å². The van der Waals surface area contributed by atoms with Crippen LogP contribution in [-0.4, -0.2) is 37.5 Å². The summed E-state index contributed by atoms with van der Waals surface area (Å²) in [7, 11) is 3.17. The highest BCUT2D eigenvalue weighted by Gasteiger charge is 2.20. The van der Waals surface area contributed by atoms with E-state index < -0.39 is 0 Å². The van der Waals surface area contributed by atoms with E-state index in [9.17, 15) is 9.59 Å². The Morgan fingerprint density at radius 2 is 1.93 bits per heavy atom. The molecule has 28 heavy (non-hydrogen) atoms. The molecule has 0 unspecified atom stereocenters. The van der Waals surface area contributed by atoms with Gasteiger partial charge in [-0.25, -0.2) is 0 Å². The third-order valence-electron chi connectivity index (χ3n) is 4.86. The monoisotopic (exact) mass is 382 g/mol. The fourth-order valence-electron chi connectivity index (χ4n) is 3.39. The number of hydrogen-bond acceptors (Lipinski definition) is 4. The lowest BCUT2D eigenvalue weighted by molar-refractivity contribution is -0.128. The third kappa shape index (κ3) is 5.03. The van der Waals surface area contributed by atoms with E-state index in [1.807, 2.05) is 35.2 Å². The average molecular weight is 382 g/mol. The Hall–Kier alpha value is -3.02. The largest absolute Gasteiger partial charge is 0.497 e. The maximum Gasteiger partial charge on any atom is 0.224 e. The van der Waals surface area contributed by atoms with Crippen LogP contribution in [0.5, 0.6) is 11.5 Å². The smallest absolute Gasteiger partial charge is 0.224 e. The van der Waals surface area contributed by atoms with Gasteiger partial charge in [0.2, 0.25) is 11.8 Å². The van der Waals surface area contributed by atoms with Crippen molar-refractivity contribution < 1.29 is 19.1 Å². The van der Waals surface area contributed by atoms with Crippen molar-refractivity contribution in [2.45, 2.75) is 32.4 Å². The molecule has 1 aliphatic heterocycles. The third-order valence-corrected chi connectivity index (χ3v) is 4.86. The van der Waals surface area contributed by atoms with Crippen LogP contribution in [0.3, 0.4) is 0 Å². The zero-order chi connectivity index (χ0) is 19.9. The van der Waals surface area contributed by atoms with Gasteiger partial charge >= 0.3 is 0 Å². The highest BCUT2D eigenvalue weighted by molar-refractivity contribution is 5.79. The summed E-state index contributed by atoms with van der Waals surface area (Å²) in [5.41, 5.74) is 2.87. The maximum atomic E-state index is 12.4. The van der Waals surface area contributed by atoms with Crippen LogP contribution in [0.25, 0.3) is 0 Å². The van der Waals surface area contributed by atoms with Crippen LogP contribution < -0.4 is 14.8 Å². The molecule has 0 aliphatic carbocycles. The molecular formula is C22H26N2O4. The molecule has 6 heteroatoms. The predicted octanol–water partition coefficient (Wildman–Crippen LogP) is 2.69. The fraction of sp³-hybridized carbons (Fsp3) is 0.364. The summed E-state index contributed by atoms with van der Waals surface area (Å²) in [5.74, 6) is 1.47. The minimum absolute atomic E-state index is 0.0910. The second kappa shape index (κ2) is 9.26. The number of nitrogens with zero attached hydrogens (tertiary/aromatic N) is 1. The van der Waals surface area contributed by atoms with E-state index in [2.05, 4.69) is 5.32 Å². The Morgan fingerprint density at radius 1 is 1.11 bits per heavy atom. The summed E-state index contributed by atoms with van der Waals surface area (Å²) in [6.45, 7) is 1.89. The summed E-state index contributed by atoms with van der Waals surface area (Å²) in [5, 5.41) is 2.95. The van der Waals surface area contributed by atoms with Gasteiger partial charge in [0.1, 0.15) is 11.5 Å². The second-order valence-electron chi connectivity index (χ2n) is 6.87. The van der Waals surface area contributed by atoms with Crippen molar-refractivity contribution >= 4 is 11.8 Å². The number of benzene rings is 2. The summed E-state index contributed by atoms with van der Waals surface area (Å²) >= 11 is 0. The summed E-state index contributed by atoms with van der Waals surface area (Å²) in [6, 6.07) is 13.4. The van der Waals surface area contributed by atoms with Crippen LogP contribution in [0.1, 0.15) is 29.5 Å². The first-order valence-corrected chi connectivity index (χ1v) is 9.42. The highest BCUT2D eigenvalue weighted by atomic mass is 16.5. The highest BCUT2D eigenvalue weighted by Crippen LogP contribution is 2.24. The molecule has 3 rings (SSSR count). The van der Waals surface area contributed by atoms with Crippen LogP contribution >= 0.6 is 0 Å². The van der Waals surface area contributed by atoms with Gasteiger partial charge in [0.25, 0.3) is 0 Å². The Labute approximate surface area is 165 Å². The van der Waals surface area contributed by atoms with Crippen molar-refractivity contribution in [2.24, 2.45) is 0 Å². The number of amides is 2. The van der Waals surface area contributed by atoms with Gasteiger partial charge < -0.3 is 19.7 Å². The standard InChI is InChI=1S/C22H26N2O4/c1-27-19-8-9-20(28-2)18(12-19)13-21(25)23-14-16-5-3-6-17(11-16)15-24-10-4-7-22(24)26/h3,5-6,8-9,11-12H,4,7,10,13-15H2,1-2H3,(H,23,25). The van der Waals surface area contributed by atoms with E-state index in [0.29, 0.717) is 31.0 Å². The minimum atomic E-state index is -0.0910. The van der Waals surface area contributed by atoms with E-state index in [-0.39, 0.29) is 18.2 Å². The first kappa shape index (κ1) is 19.7. The van der Waals surface area contributed by atoms with E-state index >= 15 is 0 Å². The summed E-state index contributed by atoms with van der Waals surface area (Å²) in [6.07, 6.45) is 1.79. The van der Waals surface area contributed by atoms with Crippen LogP contribution in [0.4, 0.5) is 0 Å². The maximum absolute atomic E-state index is 12.4. The predicted molar refractivity (Wildman–Crippen MR) is 106 cm³/mol. The molecule has 1 N–H and O–H groups in total. The SMILES string of the molecule is COc1ccc(OC)c(CC(=O)NCc2cccc(CN3CCCC3=O)c2)c1. The van der Waals surface area contributed by atoms with Crippen LogP contribution in [-0.2, 0) is 29.1 Å². The molecule has 1 saturated heterocycles. The van der Waals surface area contributed by atoms with Gasteiger partial charge in [0.15, 0.2) is 0 Å². The van der Waals surface area contributed by atoms with Gasteiger partial charge in [-0.15, -0.1) is 0 Å². The molecule has 2 aromatic rings. The average Bonchev–Trinajstić information content (AvgIpc) is 3.11. The Balaban J connectivity index is 1.57. The molecule has 1 fully saturated rings. The molecule has 1 heterocycles. The van der Waals surface area contributed by atoms with Gasteiger partial charge in [-0.1, -0.05) is 24.3 Å². The normalized spacial score (nSPS) is 13.5. The topological polar surface area (TPSA) is 67.9 Å². The lowest BCUT2D eigenvalue weighted by Gasteiger charge is -2.16. The molecule has 0 spiro atoms. The second-order valence-corrected chi connectivity index (χ2v) is 6.87. The van der Waals surface area contributed by atoms with E-state index in [1.54, 1.807) is 26.4 Å². The van der Waals surface area contributed by atoms with Crippen LogP contribution in [0, 0.1) is 0 Å². The molecule has 0 saturated carbocycles. The van der Waals surface area contributed by atoms with Crippen molar-refractivity contribution in [3.63, 3.8) is 0 Å². The number of carbonyl (C=O) groups is 2. The first-order chi connectivity index (χ1) is 13.6. The molecule has 148 valence electrons. The van der Waals surface area contributed by atoms with Gasteiger partial charge in [-0.05, 0) is 35.7 Å². The first-order valence-electron chi connectivity index (χ1n) is 9.42. The molecule has 2 aromatic carbocycles. The molecule has 0 atom stereocenters. The van der Waals surface area contributed by atoms with Gasteiger partial charge in [-0.3, -0.25) is 9.59 Å². The van der Waals surface area contributed by atoms with Crippen LogP contribution in [0.15, 0.2) is 42.5 Å². The number of likely N-dealkylation sites (tertiary alicyclic amines) is 1. The quantitative estimate of drug-likeness (QED) is 0.762. The molecule has 6 nitrogen and oxygen atoms in total. The molecule has 0 radical (unpaired) electrons. The van der Waals surface area contributed by atoms with E-state index in [1.165, 1.54) is 0 Å². The molecule has 2 amide bonds. The Morgan fingerprint density at radius 3 is 2.64 bits per heavy atom. The lowest BCUT2D eigenvalue weighted by Crippen LogP contribution is -2.25. The molecule has 1 aliphatic rings. The fourth-order valence-corrected chi connectivity index (χ4v) is 3.39. The number of methoxy groups -OCH3 is 2. The van der Waals surface area contributed by atoms with Crippen LogP contribution in [0.2, 0.25) is 0 Å². The molecule has 0 aromatic heterocycles. The molecule has 0 bridgehead atoms. The van der Waals surface area contributed by atoms with Gasteiger partial charge in [0, 0.05) is 31.6 Å². The molecular weight excluding hydrogens is 356 g/mol. The zero-order valence-electron chi connectivity index (χ0n) is 16.4. The Kier molecular flexibility index (Phi) is 6.53.